The quantitative estimate of drug-likeness (QED) is 0.790. The van der Waals surface area contributed by atoms with E-state index >= 15 is 0 Å². The van der Waals surface area contributed by atoms with E-state index in [2.05, 4.69) is 11.8 Å². The molecule has 1 aromatic rings. The number of aryl methyl sites for hydroxylation is 1. The van der Waals surface area contributed by atoms with E-state index < -0.39 is 10.8 Å². The van der Waals surface area contributed by atoms with Gasteiger partial charge in [-0.3, -0.25) is 13.9 Å². The van der Waals surface area contributed by atoms with E-state index in [1.54, 1.807) is 0 Å². The number of carbonyl (C=O) groups excluding carboxylic acids is 1. The summed E-state index contributed by atoms with van der Waals surface area (Å²) >= 11 is 0. The molecule has 1 saturated heterocycles. The van der Waals surface area contributed by atoms with Crippen LogP contribution in [0, 0.1) is 0 Å². The molecule has 1 aromatic carbocycles. The maximum atomic E-state index is 12.4. The average molecular weight is 279 g/mol. The highest BCUT2D eigenvalue weighted by molar-refractivity contribution is 7.85. The van der Waals surface area contributed by atoms with E-state index in [0.29, 0.717) is 11.5 Å². The zero-order valence-electron chi connectivity index (χ0n) is 11.6. The van der Waals surface area contributed by atoms with E-state index in [4.69, 9.17) is 0 Å². The summed E-state index contributed by atoms with van der Waals surface area (Å²) in [6.45, 7) is 5.57. The molecule has 1 atom stereocenters. The number of carbonyl (C=O) groups is 1. The molecule has 1 fully saturated rings. The molecule has 19 heavy (non-hydrogen) atoms. The topological polar surface area (TPSA) is 37.4 Å². The van der Waals surface area contributed by atoms with E-state index in [-0.39, 0.29) is 11.8 Å². The van der Waals surface area contributed by atoms with Gasteiger partial charge in [-0.2, -0.15) is 0 Å². The van der Waals surface area contributed by atoms with Gasteiger partial charge in [0.05, 0.1) is 6.04 Å². The summed E-state index contributed by atoms with van der Waals surface area (Å²) in [5, 5.41) is 0. The van der Waals surface area contributed by atoms with E-state index in [0.717, 1.165) is 25.1 Å². The Morgan fingerprint density at radius 2 is 1.84 bits per heavy atom. The Hall–Kier alpha value is -1.00. The first-order valence-corrected chi connectivity index (χ1v) is 8.32. The van der Waals surface area contributed by atoms with Crippen LogP contribution in [-0.4, -0.2) is 45.5 Å². The van der Waals surface area contributed by atoms with Crippen molar-refractivity contribution in [2.75, 3.05) is 24.6 Å². The monoisotopic (exact) mass is 279 g/mol. The summed E-state index contributed by atoms with van der Waals surface area (Å²) < 4.78 is 11.3. The number of nitrogens with zero attached hydrogens (tertiary/aromatic N) is 1. The van der Waals surface area contributed by atoms with Crippen LogP contribution in [0.4, 0.5) is 0 Å². The minimum atomic E-state index is -0.692. The second-order valence-corrected chi connectivity index (χ2v) is 6.67. The number of hydrogen-bond donors (Lipinski definition) is 0. The van der Waals surface area contributed by atoms with Gasteiger partial charge >= 0.3 is 0 Å². The molecule has 0 aromatic heterocycles. The summed E-state index contributed by atoms with van der Waals surface area (Å²) in [4.78, 5) is 14.5. The standard InChI is InChI=1S/C15H21NO2S/c1-3-13-4-6-14(7-5-13)15(17)12(2)16-8-10-19(18)11-9-16/h4-7,12H,3,8-11H2,1-2H3. The van der Waals surface area contributed by atoms with Crippen molar-refractivity contribution >= 4 is 16.6 Å². The molecule has 0 aliphatic carbocycles. The lowest BCUT2D eigenvalue weighted by Crippen LogP contribution is -2.46. The summed E-state index contributed by atoms with van der Waals surface area (Å²) in [5.41, 5.74) is 2.02. The van der Waals surface area contributed by atoms with Crippen LogP contribution in [0.2, 0.25) is 0 Å². The fourth-order valence-corrected chi connectivity index (χ4v) is 3.43. The van der Waals surface area contributed by atoms with Crippen molar-refractivity contribution in [1.82, 2.24) is 4.90 Å². The molecule has 0 spiro atoms. The number of benzene rings is 1. The Bertz CT molecular complexity index is 460. The minimum absolute atomic E-state index is 0.121. The van der Waals surface area contributed by atoms with Crippen molar-refractivity contribution in [1.29, 1.82) is 0 Å². The van der Waals surface area contributed by atoms with E-state index in [1.807, 2.05) is 31.2 Å². The van der Waals surface area contributed by atoms with Crippen LogP contribution in [0.15, 0.2) is 24.3 Å². The second-order valence-electron chi connectivity index (χ2n) is 4.97. The molecule has 0 N–H and O–H groups in total. The predicted molar refractivity (Wildman–Crippen MR) is 79.1 cm³/mol. The highest BCUT2D eigenvalue weighted by Crippen LogP contribution is 2.13. The number of hydrogen-bond acceptors (Lipinski definition) is 3. The van der Waals surface area contributed by atoms with Crippen LogP contribution < -0.4 is 0 Å². The fourth-order valence-electron chi connectivity index (χ4n) is 2.35. The van der Waals surface area contributed by atoms with Crippen molar-refractivity contribution in [3.05, 3.63) is 35.4 Å². The molecule has 1 heterocycles. The maximum Gasteiger partial charge on any atom is 0.179 e. The number of Topliss-reactive ketones (excluding diaryl/α,β-unsaturated/α-hetero) is 1. The molecule has 0 saturated carbocycles. The Morgan fingerprint density at radius 1 is 1.26 bits per heavy atom. The molecule has 2 rings (SSSR count). The van der Waals surface area contributed by atoms with Gasteiger partial charge in [-0.15, -0.1) is 0 Å². The van der Waals surface area contributed by atoms with E-state index in [9.17, 15) is 9.00 Å². The molecule has 1 aliphatic heterocycles. The van der Waals surface area contributed by atoms with Gasteiger partial charge in [-0.25, -0.2) is 0 Å². The van der Waals surface area contributed by atoms with Crippen molar-refractivity contribution in [2.45, 2.75) is 26.3 Å². The molecule has 0 radical (unpaired) electrons. The van der Waals surface area contributed by atoms with Crippen molar-refractivity contribution < 1.29 is 9.00 Å². The molecule has 0 bridgehead atoms. The Labute approximate surface area is 117 Å². The summed E-state index contributed by atoms with van der Waals surface area (Å²) in [6.07, 6.45) is 0.988. The largest absolute Gasteiger partial charge is 0.292 e. The summed E-state index contributed by atoms with van der Waals surface area (Å²) in [7, 11) is -0.692. The van der Waals surface area contributed by atoms with Crippen LogP contribution >= 0.6 is 0 Å². The normalized spacial score (nSPS) is 19.3. The van der Waals surface area contributed by atoms with Gasteiger partial charge < -0.3 is 0 Å². The Kier molecular flexibility index (Phi) is 4.88. The summed E-state index contributed by atoms with van der Waals surface area (Å²) in [5.74, 6) is 1.54. The molecule has 4 heteroatoms. The average Bonchev–Trinajstić information content (AvgIpc) is 2.46. The van der Waals surface area contributed by atoms with Crippen LogP contribution in [0.1, 0.15) is 29.8 Å². The third-order valence-electron chi connectivity index (χ3n) is 3.79. The smallest absolute Gasteiger partial charge is 0.179 e. The van der Waals surface area contributed by atoms with Gasteiger partial charge in [0.25, 0.3) is 0 Å². The highest BCUT2D eigenvalue weighted by atomic mass is 32.2. The zero-order chi connectivity index (χ0) is 13.8. The first-order valence-electron chi connectivity index (χ1n) is 6.84. The van der Waals surface area contributed by atoms with Gasteiger partial charge in [0.15, 0.2) is 5.78 Å². The highest BCUT2D eigenvalue weighted by Gasteiger charge is 2.25. The first kappa shape index (κ1) is 14.4. The third kappa shape index (κ3) is 3.51. The van der Waals surface area contributed by atoms with Gasteiger partial charge in [0, 0.05) is 41.0 Å². The minimum Gasteiger partial charge on any atom is -0.292 e. The second kappa shape index (κ2) is 6.44. The molecule has 3 nitrogen and oxygen atoms in total. The lowest BCUT2D eigenvalue weighted by Gasteiger charge is -2.31. The van der Waals surface area contributed by atoms with Crippen molar-refractivity contribution in [3.63, 3.8) is 0 Å². The van der Waals surface area contributed by atoms with Gasteiger partial charge in [0.1, 0.15) is 0 Å². The van der Waals surface area contributed by atoms with Crippen LogP contribution in [-0.2, 0) is 17.2 Å². The molecule has 1 aliphatic rings. The molecular weight excluding hydrogens is 258 g/mol. The number of rotatable bonds is 4. The molecular formula is C15H21NO2S. The van der Waals surface area contributed by atoms with Crippen LogP contribution in [0.3, 0.4) is 0 Å². The lowest BCUT2D eigenvalue weighted by molar-refractivity contribution is 0.0850. The molecule has 0 amide bonds. The SMILES string of the molecule is CCc1ccc(C(=O)C(C)N2CCS(=O)CC2)cc1. The maximum absolute atomic E-state index is 12.4. The fraction of sp³-hybridized carbons (Fsp3) is 0.533. The summed E-state index contributed by atoms with van der Waals surface area (Å²) in [6, 6.07) is 7.75. The predicted octanol–water partition coefficient (Wildman–Crippen LogP) is 1.88. The third-order valence-corrected chi connectivity index (χ3v) is 5.06. The van der Waals surface area contributed by atoms with E-state index in [1.165, 1.54) is 5.56 Å². The molecule has 1 unspecified atom stereocenters. The Balaban J connectivity index is 2.03. The molecule has 104 valence electrons. The van der Waals surface area contributed by atoms with Gasteiger partial charge in [0.2, 0.25) is 0 Å². The van der Waals surface area contributed by atoms with Crippen LogP contribution in [0.5, 0.6) is 0 Å². The first-order chi connectivity index (χ1) is 9.11. The van der Waals surface area contributed by atoms with Crippen molar-refractivity contribution in [2.24, 2.45) is 0 Å². The van der Waals surface area contributed by atoms with Gasteiger partial charge in [-0.1, -0.05) is 31.2 Å². The number of ketones is 1. The lowest BCUT2D eigenvalue weighted by atomic mass is 10.0. The Morgan fingerprint density at radius 3 is 2.37 bits per heavy atom. The van der Waals surface area contributed by atoms with Crippen LogP contribution in [0.25, 0.3) is 0 Å². The van der Waals surface area contributed by atoms with Crippen molar-refractivity contribution in [3.8, 4) is 0 Å². The zero-order valence-corrected chi connectivity index (χ0v) is 12.4. The van der Waals surface area contributed by atoms with Gasteiger partial charge in [-0.05, 0) is 18.9 Å².